The number of rotatable bonds is 5. The third kappa shape index (κ3) is 3.97. The van der Waals surface area contributed by atoms with Crippen molar-refractivity contribution in [2.24, 2.45) is 11.8 Å². The predicted octanol–water partition coefficient (Wildman–Crippen LogP) is 3.89. The van der Waals surface area contributed by atoms with E-state index in [1.807, 2.05) is 25.1 Å². The minimum Gasteiger partial charge on any atom is -0.454 e. The van der Waals surface area contributed by atoms with Gasteiger partial charge in [-0.1, -0.05) is 38.5 Å². The number of ether oxygens (including phenoxy) is 2. The average Bonchev–Trinajstić information content (AvgIpc) is 3.34. The zero-order valence-electron chi connectivity index (χ0n) is 16.3. The molecule has 0 radical (unpaired) electrons. The lowest BCUT2D eigenvalue weighted by Crippen LogP contribution is -2.46. The number of nitrogens with one attached hydrogen (secondary N) is 1. The zero-order chi connectivity index (χ0) is 19.7. The fourth-order valence-corrected chi connectivity index (χ4v) is 4.39. The summed E-state index contributed by atoms with van der Waals surface area (Å²) < 4.78 is 16.4. The van der Waals surface area contributed by atoms with Gasteiger partial charge in [-0.2, -0.15) is 0 Å². The number of fused-ring (bicyclic) bond motifs is 1. The number of carbonyl (C=O) groups excluding carboxylic acids is 1. The van der Waals surface area contributed by atoms with Crippen molar-refractivity contribution in [3.63, 3.8) is 0 Å². The summed E-state index contributed by atoms with van der Waals surface area (Å²) >= 11 is 1.27. The van der Waals surface area contributed by atoms with Crippen LogP contribution in [-0.2, 0) is 4.79 Å². The molecule has 7 nitrogen and oxygen atoms in total. The molecule has 28 heavy (non-hydrogen) atoms. The highest BCUT2D eigenvalue weighted by Crippen LogP contribution is 2.36. The maximum Gasteiger partial charge on any atom is 0.277 e. The van der Waals surface area contributed by atoms with Gasteiger partial charge in [0.25, 0.3) is 5.22 Å². The molecule has 0 bridgehead atoms. The van der Waals surface area contributed by atoms with Crippen LogP contribution >= 0.6 is 11.8 Å². The lowest BCUT2D eigenvalue weighted by atomic mass is 9.78. The normalized spacial score (nSPS) is 24.8. The molecule has 4 atom stereocenters. The molecule has 2 heterocycles. The van der Waals surface area contributed by atoms with Gasteiger partial charge in [-0.05, 0) is 43.4 Å². The number of hydrogen-bond acceptors (Lipinski definition) is 7. The van der Waals surface area contributed by atoms with Crippen LogP contribution in [0.15, 0.2) is 27.8 Å². The molecule has 1 N–H and O–H groups in total. The van der Waals surface area contributed by atoms with Crippen LogP contribution < -0.4 is 14.8 Å². The molecule has 150 valence electrons. The van der Waals surface area contributed by atoms with Crippen LogP contribution in [0.4, 0.5) is 0 Å². The largest absolute Gasteiger partial charge is 0.454 e. The number of hydrogen-bond donors (Lipinski definition) is 1. The molecule has 1 aromatic heterocycles. The van der Waals surface area contributed by atoms with Gasteiger partial charge in [0.2, 0.25) is 18.6 Å². The molecule has 1 aromatic carbocycles. The Bertz CT molecular complexity index is 856. The number of benzene rings is 1. The summed E-state index contributed by atoms with van der Waals surface area (Å²) in [6, 6.07) is 5.71. The summed E-state index contributed by atoms with van der Waals surface area (Å²) in [5.74, 6) is 2.91. The smallest absolute Gasteiger partial charge is 0.277 e. The number of thioether (sulfide) groups is 1. The molecule has 0 unspecified atom stereocenters. The highest BCUT2D eigenvalue weighted by molar-refractivity contribution is 8.00. The standard InChI is InChI=1S/C20H25N3O4S/c1-11-5-4-6-15(12(11)2)21-18(24)13(3)28-20-23-22-19(27-20)14-7-8-16-17(9-14)26-10-25-16/h7-9,11-13,15H,4-6,10H2,1-3H3,(H,21,24)/t11-,12-,13-,15+/m1/s1. The molecule has 1 amide bonds. The summed E-state index contributed by atoms with van der Waals surface area (Å²) in [6.45, 7) is 6.57. The first kappa shape index (κ1) is 19.1. The molecular formula is C20H25N3O4S. The average molecular weight is 404 g/mol. The van der Waals surface area contributed by atoms with Crippen molar-refractivity contribution in [1.82, 2.24) is 15.5 Å². The van der Waals surface area contributed by atoms with Crippen molar-refractivity contribution in [2.75, 3.05) is 6.79 Å². The van der Waals surface area contributed by atoms with Gasteiger partial charge in [-0.25, -0.2) is 0 Å². The first-order valence-corrected chi connectivity index (χ1v) is 10.6. The second-order valence-corrected chi connectivity index (χ2v) is 8.88. The first-order valence-electron chi connectivity index (χ1n) is 9.72. The molecule has 0 spiro atoms. The Morgan fingerprint density at radius 1 is 1.21 bits per heavy atom. The van der Waals surface area contributed by atoms with Crippen molar-refractivity contribution >= 4 is 17.7 Å². The summed E-state index contributed by atoms with van der Waals surface area (Å²) in [5.41, 5.74) is 0.755. The molecule has 2 aromatic rings. The second-order valence-electron chi connectivity index (χ2n) is 7.58. The molecule has 1 aliphatic carbocycles. The van der Waals surface area contributed by atoms with E-state index in [0.29, 0.717) is 34.4 Å². The van der Waals surface area contributed by atoms with Crippen molar-refractivity contribution in [3.05, 3.63) is 18.2 Å². The maximum absolute atomic E-state index is 12.6. The Morgan fingerprint density at radius 2 is 2.04 bits per heavy atom. The van der Waals surface area contributed by atoms with Crippen LogP contribution in [0.5, 0.6) is 11.5 Å². The topological polar surface area (TPSA) is 86.5 Å². The van der Waals surface area contributed by atoms with Crippen molar-refractivity contribution in [2.45, 2.75) is 56.5 Å². The van der Waals surface area contributed by atoms with E-state index in [9.17, 15) is 4.79 Å². The lowest BCUT2D eigenvalue weighted by Gasteiger charge is -2.35. The minimum absolute atomic E-state index is 0.0128. The van der Waals surface area contributed by atoms with Crippen LogP contribution in [0.25, 0.3) is 11.5 Å². The van der Waals surface area contributed by atoms with Crippen LogP contribution in [0.3, 0.4) is 0 Å². The van der Waals surface area contributed by atoms with Gasteiger partial charge in [0, 0.05) is 11.6 Å². The van der Waals surface area contributed by atoms with E-state index in [1.54, 1.807) is 0 Å². The van der Waals surface area contributed by atoms with Gasteiger partial charge < -0.3 is 19.2 Å². The molecule has 4 rings (SSSR count). The van der Waals surface area contributed by atoms with Gasteiger partial charge in [-0.3, -0.25) is 4.79 Å². The van der Waals surface area contributed by atoms with Gasteiger partial charge >= 0.3 is 0 Å². The lowest BCUT2D eigenvalue weighted by molar-refractivity contribution is -0.121. The van der Waals surface area contributed by atoms with Gasteiger partial charge in [-0.15, -0.1) is 10.2 Å². The molecule has 0 saturated heterocycles. The Balaban J connectivity index is 1.37. The summed E-state index contributed by atoms with van der Waals surface area (Å²) in [7, 11) is 0. The van der Waals surface area contributed by atoms with Crippen molar-refractivity contribution in [1.29, 1.82) is 0 Å². The van der Waals surface area contributed by atoms with Gasteiger partial charge in [0.05, 0.1) is 5.25 Å². The summed E-state index contributed by atoms with van der Waals surface area (Å²) in [4.78, 5) is 12.6. The zero-order valence-corrected chi connectivity index (χ0v) is 17.1. The number of aromatic nitrogens is 2. The Morgan fingerprint density at radius 3 is 2.89 bits per heavy atom. The predicted molar refractivity (Wildman–Crippen MR) is 105 cm³/mol. The van der Waals surface area contributed by atoms with Crippen LogP contribution in [0.1, 0.15) is 40.0 Å². The molecule has 1 fully saturated rings. The van der Waals surface area contributed by atoms with Gasteiger partial charge in [0.15, 0.2) is 11.5 Å². The SMILES string of the molecule is C[C@@H]1[C@H](C)CCC[C@@H]1NC(=O)[C@@H](C)Sc1nnc(-c2ccc3c(c2)OCO3)o1. The van der Waals surface area contributed by atoms with E-state index >= 15 is 0 Å². The van der Waals surface area contributed by atoms with Crippen LogP contribution in [0, 0.1) is 11.8 Å². The van der Waals surface area contributed by atoms with E-state index in [4.69, 9.17) is 13.9 Å². The van der Waals surface area contributed by atoms with E-state index in [2.05, 4.69) is 29.4 Å². The monoisotopic (exact) mass is 403 g/mol. The van der Waals surface area contributed by atoms with Crippen molar-refractivity contribution < 1.29 is 18.7 Å². The number of nitrogens with zero attached hydrogens (tertiary/aromatic N) is 2. The molecule has 1 saturated carbocycles. The highest BCUT2D eigenvalue weighted by Gasteiger charge is 2.30. The summed E-state index contributed by atoms with van der Waals surface area (Å²) in [5, 5.41) is 11.4. The second kappa shape index (κ2) is 8.03. The third-order valence-corrected chi connectivity index (χ3v) is 6.64. The fraction of sp³-hybridized carbons (Fsp3) is 0.550. The van der Waals surface area contributed by atoms with Crippen molar-refractivity contribution in [3.8, 4) is 23.0 Å². The Kier molecular flexibility index (Phi) is 5.48. The van der Waals surface area contributed by atoms with E-state index in [1.165, 1.54) is 24.6 Å². The Labute approximate surface area is 168 Å². The molecule has 1 aliphatic heterocycles. The maximum atomic E-state index is 12.6. The van der Waals surface area contributed by atoms with E-state index < -0.39 is 0 Å². The molecule has 8 heteroatoms. The fourth-order valence-electron chi connectivity index (χ4n) is 3.69. The summed E-state index contributed by atoms with van der Waals surface area (Å²) in [6.07, 6.45) is 3.45. The molecular weight excluding hydrogens is 378 g/mol. The quantitative estimate of drug-likeness (QED) is 0.758. The first-order chi connectivity index (χ1) is 13.5. The third-order valence-electron chi connectivity index (χ3n) is 5.71. The number of carbonyl (C=O) groups is 1. The van der Waals surface area contributed by atoms with E-state index in [0.717, 1.165) is 12.0 Å². The van der Waals surface area contributed by atoms with Crippen LogP contribution in [0.2, 0.25) is 0 Å². The Hall–Kier alpha value is -2.22. The number of amides is 1. The van der Waals surface area contributed by atoms with Crippen LogP contribution in [-0.4, -0.2) is 34.2 Å². The van der Waals surface area contributed by atoms with E-state index in [-0.39, 0.29) is 24.0 Å². The van der Waals surface area contributed by atoms with Gasteiger partial charge in [0.1, 0.15) is 0 Å². The minimum atomic E-state index is -0.311. The highest BCUT2D eigenvalue weighted by atomic mass is 32.2. The molecule has 2 aliphatic rings.